The molecule has 1 unspecified atom stereocenters. The highest BCUT2D eigenvalue weighted by atomic mass is 16.5. The van der Waals surface area contributed by atoms with E-state index in [0.717, 1.165) is 31.6 Å². The zero-order valence-electron chi connectivity index (χ0n) is 12.7. The van der Waals surface area contributed by atoms with Crippen LogP contribution in [-0.2, 0) is 4.74 Å². The Labute approximate surface area is 125 Å². The van der Waals surface area contributed by atoms with Crippen molar-refractivity contribution < 1.29 is 14.6 Å². The lowest BCUT2D eigenvalue weighted by atomic mass is 9.82. The van der Waals surface area contributed by atoms with Crippen molar-refractivity contribution in [2.45, 2.75) is 32.8 Å². The maximum atomic E-state index is 11.9. The molecule has 5 nitrogen and oxygen atoms in total. The zero-order chi connectivity index (χ0) is 15.3. The average Bonchev–Trinajstić information content (AvgIpc) is 2.47. The molecule has 5 heteroatoms. The second kappa shape index (κ2) is 6.91. The molecular weight excluding hydrogens is 268 g/mol. The van der Waals surface area contributed by atoms with Crippen LogP contribution in [0.25, 0.3) is 0 Å². The summed E-state index contributed by atoms with van der Waals surface area (Å²) in [6.07, 6.45) is 1.44. The normalized spacial score (nSPS) is 18.8. The second-order valence-corrected chi connectivity index (χ2v) is 6.03. The molecule has 1 saturated heterocycles. The Balaban J connectivity index is 1.81. The first-order valence-electron chi connectivity index (χ1n) is 7.39. The number of amides is 2. The van der Waals surface area contributed by atoms with Gasteiger partial charge < -0.3 is 20.5 Å². The van der Waals surface area contributed by atoms with Gasteiger partial charge in [0.1, 0.15) is 0 Å². The fraction of sp³-hybridized carbons (Fsp3) is 0.562. The maximum absolute atomic E-state index is 11.9. The van der Waals surface area contributed by atoms with Gasteiger partial charge in [0.05, 0.1) is 6.10 Å². The number of ether oxygens (including phenoxy) is 1. The number of anilines is 1. The molecule has 21 heavy (non-hydrogen) atoms. The molecule has 0 saturated carbocycles. The predicted molar refractivity (Wildman–Crippen MR) is 82.3 cm³/mol. The molecule has 0 bridgehead atoms. The summed E-state index contributed by atoms with van der Waals surface area (Å²) in [5.41, 5.74) is 1.66. The Morgan fingerprint density at radius 3 is 2.52 bits per heavy atom. The highest BCUT2D eigenvalue weighted by Crippen LogP contribution is 2.28. The molecule has 0 aliphatic carbocycles. The average molecular weight is 292 g/mol. The van der Waals surface area contributed by atoms with Crippen LogP contribution in [0.3, 0.4) is 0 Å². The van der Waals surface area contributed by atoms with Crippen LogP contribution in [0.5, 0.6) is 0 Å². The molecule has 0 aromatic heterocycles. The fourth-order valence-corrected chi connectivity index (χ4v) is 2.35. The van der Waals surface area contributed by atoms with E-state index in [1.54, 1.807) is 31.2 Å². The summed E-state index contributed by atoms with van der Waals surface area (Å²) in [5, 5.41) is 15.2. The van der Waals surface area contributed by atoms with Gasteiger partial charge >= 0.3 is 6.03 Å². The van der Waals surface area contributed by atoms with E-state index >= 15 is 0 Å². The van der Waals surface area contributed by atoms with Crippen molar-refractivity contribution in [3.05, 3.63) is 29.8 Å². The molecule has 2 amide bonds. The number of hydrogen-bond acceptors (Lipinski definition) is 3. The van der Waals surface area contributed by atoms with Gasteiger partial charge in [0.15, 0.2) is 0 Å². The second-order valence-electron chi connectivity index (χ2n) is 6.03. The first-order chi connectivity index (χ1) is 9.98. The third-order valence-corrected chi connectivity index (χ3v) is 4.03. The van der Waals surface area contributed by atoms with Crippen molar-refractivity contribution in [1.82, 2.24) is 5.32 Å². The molecule has 1 atom stereocenters. The first kappa shape index (κ1) is 15.8. The molecule has 0 spiro atoms. The van der Waals surface area contributed by atoms with Gasteiger partial charge in [-0.15, -0.1) is 0 Å². The van der Waals surface area contributed by atoms with Gasteiger partial charge in [0.25, 0.3) is 0 Å². The number of benzene rings is 1. The summed E-state index contributed by atoms with van der Waals surface area (Å²) in [7, 11) is 0. The quantitative estimate of drug-likeness (QED) is 0.799. The minimum atomic E-state index is -0.499. The Morgan fingerprint density at radius 2 is 1.95 bits per heavy atom. The summed E-state index contributed by atoms with van der Waals surface area (Å²) in [4.78, 5) is 11.9. The molecular formula is C16H24N2O3. The molecule has 1 heterocycles. The Kier molecular flexibility index (Phi) is 5.20. The van der Waals surface area contributed by atoms with Gasteiger partial charge in [-0.3, -0.25) is 0 Å². The van der Waals surface area contributed by atoms with Crippen molar-refractivity contribution in [3.8, 4) is 0 Å². The van der Waals surface area contributed by atoms with Crippen LogP contribution >= 0.6 is 0 Å². The standard InChI is InChI=1S/C16H24N2O3/c1-12(19)13-3-5-14(6-4-13)18-15(20)17-11-16(2)7-9-21-10-8-16/h3-6,12,19H,7-11H2,1-2H3,(H2,17,18,20). The van der Waals surface area contributed by atoms with Gasteiger partial charge in [0.2, 0.25) is 0 Å². The number of rotatable bonds is 4. The molecule has 0 radical (unpaired) electrons. The van der Waals surface area contributed by atoms with Crippen molar-refractivity contribution in [1.29, 1.82) is 0 Å². The number of aliphatic hydroxyl groups is 1. The van der Waals surface area contributed by atoms with Crippen LogP contribution in [0.4, 0.5) is 10.5 Å². The van der Waals surface area contributed by atoms with Gasteiger partial charge in [-0.05, 0) is 42.9 Å². The topological polar surface area (TPSA) is 70.6 Å². The molecule has 1 aliphatic heterocycles. The van der Waals surface area contributed by atoms with Gasteiger partial charge in [0, 0.05) is 25.4 Å². The van der Waals surface area contributed by atoms with Crippen molar-refractivity contribution >= 4 is 11.7 Å². The minimum Gasteiger partial charge on any atom is -0.389 e. The van der Waals surface area contributed by atoms with Crippen LogP contribution in [-0.4, -0.2) is 30.9 Å². The van der Waals surface area contributed by atoms with E-state index in [9.17, 15) is 9.90 Å². The highest BCUT2D eigenvalue weighted by Gasteiger charge is 2.27. The third kappa shape index (κ3) is 4.72. The van der Waals surface area contributed by atoms with Gasteiger partial charge in [-0.2, -0.15) is 0 Å². The molecule has 2 rings (SSSR count). The number of carbonyl (C=O) groups excluding carboxylic acids is 1. The van der Waals surface area contributed by atoms with E-state index in [0.29, 0.717) is 12.2 Å². The SMILES string of the molecule is CC(O)c1ccc(NC(=O)NCC2(C)CCOCC2)cc1. The zero-order valence-corrected chi connectivity index (χ0v) is 12.7. The van der Waals surface area contributed by atoms with E-state index in [1.807, 2.05) is 0 Å². The van der Waals surface area contributed by atoms with Crippen molar-refractivity contribution in [2.75, 3.05) is 25.1 Å². The van der Waals surface area contributed by atoms with E-state index in [2.05, 4.69) is 17.6 Å². The number of nitrogens with one attached hydrogen (secondary N) is 2. The van der Waals surface area contributed by atoms with Crippen LogP contribution in [0.15, 0.2) is 24.3 Å². The lowest BCUT2D eigenvalue weighted by Gasteiger charge is -2.33. The van der Waals surface area contributed by atoms with E-state index in [-0.39, 0.29) is 11.4 Å². The van der Waals surface area contributed by atoms with E-state index in [1.165, 1.54) is 0 Å². The number of aliphatic hydroxyl groups excluding tert-OH is 1. The van der Waals surface area contributed by atoms with Gasteiger partial charge in [-0.1, -0.05) is 19.1 Å². The fourth-order valence-electron chi connectivity index (χ4n) is 2.35. The summed E-state index contributed by atoms with van der Waals surface area (Å²) < 4.78 is 5.35. The number of urea groups is 1. The molecule has 1 aromatic carbocycles. The largest absolute Gasteiger partial charge is 0.389 e. The molecule has 1 aromatic rings. The Bertz CT molecular complexity index is 465. The molecule has 116 valence electrons. The van der Waals surface area contributed by atoms with Crippen molar-refractivity contribution in [3.63, 3.8) is 0 Å². The van der Waals surface area contributed by atoms with Crippen LogP contribution in [0, 0.1) is 5.41 Å². The lowest BCUT2D eigenvalue weighted by molar-refractivity contribution is 0.0254. The lowest BCUT2D eigenvalue weighted by Crippen LogP contribution is -2.41. The van der Waals surface area contributed by atoms with Crippen LogP contribution < -0.4 is 10.6 Å². The van der Waals surface area contributed by atoms with Crippen LogP contribution in [0.1, 0.15) is 38.4 Å². The Morgan fingerprint density at radius 1 is 1.33 bits per heavy atom. The Hall–Kier alpha value is -1.59. The minimum absolute atomic E-state index is 0.117. The summed E-state index contributed by atoms with van der Waals surface area (Å²) >= 11 is 0. The monoisotopic (exact) mass is 292 g/mol. The van der Waals surface area contributed by atoms with Gasteiger partial charge in [-0.25, -0.2) is 4.79 Å². The maximum Gasteiger partial charge on any atom is 0.319 e. The molecule has 1 aliphatic rings. The number of carbonyl (C=O) groups is 1. The summed E-state index contributed by atoms with van der Waals surface area (Å²) in [6.45, 7) is 6.06. The predicted octanol–water partition coefficient (Wildman–Crippen LogP) is 2.68. The smallest absolute Gasteiger partial charge is 0.319 e. The van der Waals surface area contributed by atoms with Crippen LogP contribution in [0.2, 0.25) is 0 Å². The summed E-state index contributed by atoms with van der Waals surface area (Å²) in [6, 6.07) is 6.99. The van der Waals surface area contributed by atoms with E-state index < -0.39 is 6.10 Å². The summed E-state index contributed by atoms with van der Waals surface area (Å²) in [5.74, 6) is 0. The van der Waals surface area contributed by atoms with E-state index in [4.69, 9.17) is 4.74 Å². The highest BCUT2D eigenvalue weighted by molar-refractivity contribution is 5.89. The molecule has 3 N–H and O–H groups in total. The van der Waals surface area contributed by atoms with Crippen molar-refractivity contribution in [2.24, 2.45) is 5.41 Å². The molecule has 1 fully saturated rings. The third-order valence-electron chi connectivity index (χ3n) is 4.03. The number of hydrogen-bond donors (Lipinski definition) is 3. The first-order valence-corrected chi connectivity index (χ1v) is 7.39.